The minimum absolute atomic E-state index is 0.0874. The van der Waals surface area contributed by atoms with Crippen LogP contribution in [0, 0.1) is 6.92 Å². The van der Waals surface area contributed by atoms with Gasteiger partial charge in [0.1, 0.15) is 17.1 Å². The molecule has 3 aromatic rings. The summed E-state index contributed by atoms with van der Waals surface area (Å²) in [5.41, 5.74) is 3.48. The van der Waals surface area contributed by atoms with E-state index in [-0.39, 0.29) is 23.1 Å². The van der Waals surface area contributed by atoms with Gasteiger partial charge in [0.05, 0.1) is 23.9 Å². The van der Waals surface area contributed by atoms with E-state index >= 15 is 0 Å². The highest BCUT2D eigenvalue weighted by Gasteiger charge is 2.65. The second kappa shape index (κ2) is 8.75. The number of fused-ring (bicyclic) bond motifs is 3. The Kier molecular flexibility index (Phi) is 5.70. The van der Waals surface area contributed by atoms with Crippen molar-refractivity contribution >= 4 is 40.7 Å². The Labute approximate surface area is 230 Å². The molecule has 194 valence electrons. The lowest BCUT2D eigenvalue weighted by Gasteiger charge is -2.37. The molecule has 3 aliphatic rings. The van der Waals surface area contributed by atoms with Gasteiger partial charge in [0.25, 0.3) is 11.8 Å². The van der Waals surface area contributed by atoms with Crippen molar-refractivity contribution in [3.8, 4) is 11.4 Å². The van der Waals surface area contributed by atoms with Gasteiger partial charge >= 0.3 is 0 Å². The molecule has 2 aliphatic heterocycles. The highest BCUT2D eigenvalue weighted by atomic mass is 35.5. The van der Waals surface area contributed by atoms with Crippen LogP contribution in [0.2, 0.25) is 5.02 Å². The third kappa shape index (κ3) is 3.25. The number of hydrogen-bond donors (Lipinski definition) is 1. The molecule has 7 nitrogen and oxygen atoms in total. The summed E-state index contributed by atoms with van der Waals surface area (Å²) >= 11 is 12.9. The fraction of sp³-hybridized carbons (Fsp3) is 0.276. The van der Waals surface area contributed by atoms with Gasteiger partial charge in [-0.05, 0) is 42.7 Å². The molecule has 2 amide bonds. The van der Waals surface area contributed by atoms with Crippen LogP contribution in [0.3, 0.4) is 0 Å². The first-order valence-electron chi connectivity index (χ1n) is 12.4. The Morgan fingerprint density at radius 3 is 2.66 bits per heavy atom. The molecular formula is C29H26Cl2N4O3. The van der Waals surface area contributed by atoms with Crippen LogP contribution >= 0.6 is 23.2 Å². The number of hydrogen-bond acceptors (Lipinski definition) is 4. The summed E-state index contributed by atoms with van der Waals surface area (Å²) in [5, 5.41) is 8.22. The summed E-state index contributed by atoms with van der Waals surface area (Å²) in [4.78, 5) is 30.5. The number of halogens is 2. The number of aromatic nitrogens is 2. The van der Waals surface area contributed by atoms with Crippen molar-refractivity contribution in [3.05, 3.63) is 93.4 Å². The topological polar surface area (TPSA) is 76.5 Å². The summed E-state index contributed by atoms with van der Waals surface area (Å²) in [7, 11) is 1.58. The first-order chi connectivity index (χ1) is 18.2. The molecule has 1 spiro atoms. The number of alkyl halides is 1. The summed E-state index contributed by atoms with van der Waals surface area (Å²) in [6.45, 7) is 5.92. The van der Waals surface area contributed by atoms with Gasteiger partial charge in [-0.1, -0.05) is 55.8 Å². The van der Waals surface area contributed by atoms with E-state index < -0.39 is 5.54 Å². The van der Waals surface area contributed by atoms with Crippen LogP contribution in [0.1, 0.15) is 53.5 Å². The van der Waals surface area contributed by atoms with E-state index in [4.69, 9.17) is 33.0 Å². The lowest BCUT2D eigenvalue weighted by molar-refractivity contribution is -0.123. The highest BCUT2D eigenvalue weighted by molar-refractivity contribution is 6.31. The molecule has 0 fully saturated rings. The molecular weight excluding hydrogens is 523 g/mol. The third-order valence-electron chi connectivity index (χ3n) is 7.47. The maximum Gasteiger partial charge on any atom is 0.278 e. The number of carbonyl (C=O) groups is 2. The number of benzene rings is 2. The molecule has 6 rings (SSSR count). The summed E-state index contributed by atoms with van der Waals surface area (Å²) in [6.07, 6.45) is 4.19. The molecule has 2 aromatic carbocycles. The number of nitrogens with zero attached hydrogens (tertiary/aromatic N) is 3. The van der Waals surface area contributed by atoms with Crippen molar-refractivity contribution in [2.24, 2.45) is 0 Å². The number of aryl methyl sites for hydroxylation is 1. The average molecular weight is 549 g/mol. The van der Waals surface area contributed by atoms with Gasteiger partial charge in [0.15, 0.2) is 5.54 Å². The van der Waals surface area contributed by atoms with Crippen LogP contribution < -0.4 is 15.0 Å². The van der Waals surface area contributed by atoms with E-state index in [0.29, 0.717) is 56.8 Å². The largest absolute Gasteiger partial charge is 0.494 e. The Bertz CT molecular complexity index is 1590. The number of rotatable bonds is 4. The standard InChI is InChI=1S/C29H26Cl2N4O3/c1-15(2)25-24-26(35(33-25)21-7-5-6-8-23(21)38-4)27(36)34(22-14-18(31)10-9-16(22)3)29(24)19-12-11-17(30)13-20(19)32-28(29)37/h5-12,14-15,17H,13H2,1-4H3,(H,32,37). The van der Waals surface area contributed by atoms with Crippen molar-refractivity contribution in [2.45, 2.75) is 44.0 Å². The quantitative estimate of drug-likeness (QED) is 0.419. The Balaban J connectivity index is 1.75. The molecule has 1 N–H and O–H groups in total. The van der Waals surface area contributed by atoms with Gasteiger partial charge in [0.2, 0.25) is 0 Å². The van der Waals surface area contributed by atoms with E-state index in [1.54, 1.807) is 28.8 Å². The average Bonchev–Trinajstić information content (AvgIpc) is 3.50. The van der Waals surface area contributed by atoms with Crippen molar-refractivity contribution < 1.29 is 14.3 Å². The SMILES string of the molecule is COc1ccccc1-n1nc(C(C)C)c2c1C(=O)N(c1cc(Cl)ccc1C)C21C(=O)NC2=C1C=CC(Cl)C2. The Hall–Kier alpha value is -3.55. The molecule has 0 bridgehead atoms. The fourth-order valence-corrected chi connectivity index (χ4v) is 6.20. The van der Waals surface area contributed by atoms with Gasteiger partial charge < -0.3 is 10.1 Å². The molecule has 38 heavy (non-hydrogen) atoms. The van der Waals surface area contributed by atoms with E-state index in [1.807, 2.05) is 63.3 Å². The Morgan fingerprint density at radius 1 is 1.16 bits per heavy atom. The van der Waals surface area contributed by atoms with Crippen molar-refractivity contribution in [1.29, 1.82) is 0 Å². The Morgan fingerprint density at radius 2 is 1.92 bits per heavy atom. The smallest absolute Gasteiger partial charge is 0.278 e. The van der Waals surface area contributed by atoms with Gasteiger partial charge in [0, 0.05) is 28.3 Å². The van der Waals surface area contributed by atoms with Crippen molar-refractivity contribution in [3.63, 3.8) is 0 Å². The van der Waals surface area contributed by atoms with Gasteiger partial charge in [-0.2, -0.15) is 5.10 Å². The molecule has 1 aliphatic carbocycles. The fourth-order valence-electron chi connectivity index (χ4n) is 5.81. The van der Waals surface area contributed by atoms with Crippen LogP contribution in [0.5, 0.6) is 5.75 Å². The number of anilines is 1. The number of para-hydroxylation sites is 2. The zero-order valence-corrected chi connectivity index (χ0v) is 22.9. The number of allylic oxidation sites excluding steroid dienone is 2. The van der Waals surface area contributed by atoms with Crippen LogP contribution in [-0.2, 0) is 10.3 Å². The summed E-state index contributed by atoms with van der Waals surface area (Å²) < 4.78 is 7.25. The molecule has 0 radical (unpaired) electrons. The van der Waals surface area contributed by atoms with Crippen LogP contribution in [0.15, 0.2) is 65.9 Å². The monoisotopic (exact) mass is 548 g/mol. The first kappa shape index (κ1) is 24.8. The van der Waals surface area contributed by atoms with Crippen LogP contribution in [-0.4, -0.2) is 34.1 Å². The minimum Gasteiger partial charge on any atom is -0.494 e. The van der Waals surface area contributed by atoms with E-state index in [0.717, 1.165) is 5.56 Å². The molecule has 1 aromatic heterocycles. The first-order valence-corrected chi connectivity index (χ1v) is 13.3. The number of methoxy groups -OCH3 is 1. The van der Waals surface area contributed by atoms with Gasteiger partial charge in [-0.3, -0.25) is 14.5 Å². The lowest BCUT2D eigenvalue weighted by atomic mass is 9.79. The predicted octanol–water partition coefficient (Wildman–Crippen LogP) is 5.77. The maximum absolute atomic E-state index is 14.7. The maximum atomic E-state index is 14.7. The third-order valence-corrected chi connectivity index (χ3v) is 8.00. The number of amides is 2. The van der Waals surface area contributed by atoms with E-state index in [1.165, 1.54) is 0 Å². The second-order valence-electron chi connectivity index (χ2n) is 10.1. The molecule has 3 heterocycles. The second-order valence-corrected chi connectivity index (χ2v) is 11.1. The summed E-state index contributed by atoms with van der Waals surface area (Å²) in [5.74, 6) is -0.187. The van der Waals surface area contributed by atoms with Crippen molar-refractivity contribution in [1.82, 2.24) is 15.1 Å². The molecule has 2 atom stereocenters. The molecule has 9 heteroatoms. The van der Waals surface area contributed by atoms with E-state index in [9.17, 15) is 9.59 Å². The zero-order chi connectivity index (χ0) is 26.9. The van der Waals surface area contributed by atoms with Crippen molar-refractivity contribution in [2.75, 3.05) is 12.0 Å². The zero-order valence-electron chi connectivity index (χ0n) is 21.4. The predicted molar refractivity (Wildman–Crippen MR) is 147 cm³/mol. The molecule has 2 unspecified atom stereocenters. The van der Waals surface area contributed by atoms with Gasteiger partial charge in [-0.15, -0.1) is 11.6 Å². The lowest BCUT2D eigenvalue weighted by Crippen LogP contribution is -2.52. The minimum atomic E-state index is -1.47. The normalized spacial score (nSPS) is 22.0. The van der Waals surface area contributed by atoms with E-state index in [2.05, 4.69) is 5.32 Å². The van der Waals surface area contributed by atoms with Crippen LogP contribution in [0.25, 0.3) is 5.69 Å². The highest BCUT2D eigenvalue weighted by Crippen LogP contribution is 2.55. The number of carbonyl (C=O) groups excluding carboxylic acids is 2. The summed E-state index contributed by atoms with van der Waals surface area (Å²) in [6, 6.07) is 12.8. The van der Waals surface area contributed by atoms with Gasteiger partial charge in [-0.25, -0.2) is 4.68 Å². The molecule has 0 saturated heterocycles. The van der Waals surface area contributed by atoms with Crippen LogP contribution in [0.4, 0.5) is 5.69 Å². The number of ether oxygens (including phenoxy) is 1. The molecule has 0 saturated carbocycles. The number of nitrogens with one attached hydrogen (secondary N) is 1.